The first-order chi connectivity index (χ1) is 6.41. The lowest BCUT2D eigenvalue weighted by Crippen LogP contribution is -2.31. The number of aliphatic hydroxyl groups excluding tert-OH is 1. The van der Waals surface area contributed by atoms with Gasteiger partial charge in [-0.05, 0) is 0 Å². The molecular weight excluding hydrogens is 188 g/mol. The Morgan fingerprint density at radius 1 is 1.29 bits per heavy atom. The van der Waals surface area contributed by atoms with Crippen LogP contribution >= 0.6 is 0 Å². The lowest BCUT2D eigenvalue weighted by atomic mass is 9.94. The Kier molecular flexibility index (Phi) is 10.1. The van der Waals surface area contributed by atoms with Gasteiger partial charge in [-0.25, -0.2) is 0 Å². The van der Waals surface area contributed by atoms with E-state index < -0.39 is 5.97 Å². The zero-order valence-electron chi connectivity index (χ0n) is 9.24. The average molecular weight is 208 g/mol. The van der Waals surface area contributed by atoms with Crippen LogP contribution < -0.4 is 0 Å². The molecule has 5 nitrogen and oxygen atoms in total. The highest BCUT2D eigenvalue weighted by molar-refractivity contribution is 5.62. The minimum atomic E-state index is -0.833. The summed E-state index contributed by atoms with van der Waals surface area (Å²) in [6, 6.07) is 0. The first kappa shape index (κ1) is 15.8. The summed E-state index contributed by atoms with van der Waals surface area (Å²) < 4.78 is 9.82. The second-order valence-electron chi connectivity index (χ2n) is 3.35. The number of hydrogen-bond acceptors (Lipinski definition) is 4. The molecule has 0 atom stereocenters. The molecule has 14 heavy (non-hydrogen) atoms. The lowest BCUT2D eigenvalue weighted by Gasteiger charge is -2.24. The molecule has 0 saturated heterocycles. The Hall–Kier alpha value is -0.650. The molecule has 0 aromatic heterocycles. The van der Waals surface area contributed by atoms with Crippen LogP contribution in [-0.4, -0.2) is 50.2 Å². The van der Waals surface area contributed by atoms with Crippen LogP contribution in [0.15, 0.2) is 0 Å². The Morgan fingerprint density at radius 3 is 1.71 bits per heavy atom. The maximum absolute atomic E-state index is 9.00. The van der Waals surface area contributed by atoms with Crippen molar-refractivity contribution < 1.29 is 24.5 Å². The molecule has 0 bridgehead atoms. The molecule has 5 heteroatoms. The molecule has 0 heterocycles. The van der Waals surface area contributed by atoms with E-state index in [9.17, 15) is 0 Å². The maximum atomic E-state index is 9.00. The van der Waals surface area contributed by atoms with Crippen LogP contribution in [0.3, 0.4) is 0 Å². The van der Waals surface area contributed by atoms with Crippen molar-refractivity contribution in [3.63, 3.8) is 0 Å². The Morgan fingerprint density at radius 2 is 1.57 bits per heavy atom. The molecule has 0 spiro atoms. The number of ether oxygens (including phenoxy) is 2. The van der Waals surface area contributed by atoms with Gasteiger partial charge in [0.15, 0.2) is 0 Å². The van der Waals surface area contributed by atoms with Crippen molar-refractivity contribution in [3.05, 3.63) is 0 Å². The predicted octanol–water partition coefficient (Wildman–Crippen LogP) is 0.369. The number of hydrogen-bond donors (Lipinski definition) is 2. The monoisotopic (exact) mass is 208 g/mol. The highest BCUT2D eigenvalue weighted by Crippen LogP contribution is 2.14. The molecule has 0 radical (unpaired) electrons. The van der Waals surface area contributed by atoms with Crippen molar-refractivity contribution >= 4 is 5.97 Å². The number of methoxy groups -OCH3 is 2. The fraction of sp³-hybridized carbons (Fsp3) is 0.889. The molecule has 0 aliphatic carbocycles. The molecule has 2 N–H and O–H groups in total. The van der Waals surface area contributed by atoms with Crippen LogP contribution in [0, 0.1) is 5.41 Å². The third-order valence-corrected chi connectivity index (χ3v) is 1.37. The molecule has 0 unspecified atom stereocenters. The molecule has 0 rings (SSSR count). The predicted molar refractivity (Wildman–Crippen MR) is 52.3 cm³/mol. The van der Waals surface area contributed by atoms with E-state index in [0.29, 0.717) is 13.2 Å². The van der Waals surface area contributed by atoms with Crippen molar-refractivity contribution in [2.24, 2.45) is 5.41 Å². The van der Waals surface area contributed by atoms with Crippen LogP contribution in [0.5, 0.6) is 0 Å². The molecule has 0 fully saturated rings. The van der Waals surface area contributed by atoms with Gasteiger partial charge in [-0.3, -0.25) is 4.79 Å². The SMILES string of the molecule is CC(=O)O.COCC(C)(CO)COC. The molecule has 86 valence electrons. The lowest BCUT2D eigenvalue weighted by molar-refractivity contribution is -0.134. The molecule has 0 saturated carbocycles. The highest BCUT2D eigenvalue weighted by Gasteiger charge is 2.22. The molecular formula is C9H20O5. The van der Waals surface area contributed by atoms with E-state index in [-0.39, 0.29) is 12.0 Å². The highest BCUT2D eigenvalue weighted by atomic mass is 16.5. The van der Waals surface area contributed by atoms with Crippen molar-refractivity contribution in [3.8, 4) is 0 Å². The standard InChI is InChI=1S/C7H16O3.C2H4O2/c1-7(4-8,5-9-2)6-10-3;1-2(3)4/h8H,4-6H2,1-3H3;1H3,(H,3,4). The van der Waals surface area contributed by atoms with Crippen molar-refractivity contribution in [1.29, 1.82) is 0 Å². The van der Waals surface area contributed by atoms with E-state index in [1.54, 1.807) is 14.2 Å². The minimum absolute atomic E-state index is 0.0919. The second-order valence-corrected chi connectivity index (χ2v) is 3.35. The van der Waals surface area contributed by atoms with E-state index in [2.05, 4.69) is 0 Å². The molecule has 0 aromatic rings. The zero-order chi connectivity index (χ0) is 11.6. The summed E-state index contributed by atoms with van der Waals surface area (Å²) >= 11 is 0. The van der Waals surface area contributed by atoms with Crippen LogP contribution in [0.25, 0.3) is 0 Å². The third kappa shape index (κ3) is 11.4. The fourth-order valence-corrected chi connectivity index (χ4v) is 0.830. The molecule has 0 aliphatic rings. The van der Waals surface area contributed by atoms with Gasteiger partial charge >= 0.3 is 0 Å². The zero-order valence-corrected chi connectivity index (χ0v) is 9.24. The number of aliphatic carboxylic acids is 1. The van der Waals surface area contributed by atoms with Gasteiger partial charge in [-0.2, -0.15) is 0 Å². The van der Waals surface area contributed by atoms with Crippen LogP contribution in [0.1, 0.15) is 13.8 Å². The van der Waals surface area contributed by atoms with Gasteiger partial charge in [-0.15, -0.1) is 0 Å². The molecule has 0 amide bonds. The minimum Gasteiger partial charge on any atom is -0.481 e. The van der Waals surface area contributed by atoms with E-state index >= 15 is 0 Å². The number of carboxylic acid groups (broad SMARTS) is 1. The second kappa shape index (κ2) is 8.93. The van der Waals surface area contributed by atoms with Crippen molar-refractivity contribution in [1.82, 2.24) is 0 Å². The number of carbonyl (C=O) groups is 1. The van der Waals surface area contributed by atoms with Crippen LogP contribution in [-0.2, 0) is 14.3 Å². The Balaban J connectivity index is 0. The summed E-state index contributed by atoms with van der Waals surface area (Å²) in [5.41, 5.74) is -0.247. The van der Waals surface area contributed by atoms with Gasteiger partial charge < -0.3 is 19.7 Å². The normalized spacial score (nSPS) is 10.4. The summed E-state index contributed by atoms with van der Waals surface area (Å²) in [5.74, 6) is -0.833. The van der Waals surface area contributed by atoms with Gasteiger partial charge in [-0.1, -0.05) is 6.92 Å². The van der Waals surface area contributed by atoms with Crippen LogP contribution in [0.4, 0.5) is 0 Å². The van der Waals surface area contributed by atoms with Gasteiger partial charge in [0.1, 0.15) is 0 Å². The van der Waals surface area contributed by atoms with Gasteiger partial charge in [0, 0.05) is 26.6 Å². The summed E-state index contributed by atoms with van der Waals surface area (Å²) in [7, 11) is 3.23. The summed E-state index contributed by atoms with van der Waals surface area (Å²) in [5, 5.41) is 16.3. The van der Waals surface area contributed by atoms with E-state index in [0.717, 1.165) is 6.92 Å². The average Bonchev–Trinajstić information content (AvgIpc) is 2.04. The summed E-state index contributed by atoms with van der Waals surface area (Å²) in [6.07, 6.45) is 0. The quantitative estimate of drug-likeness (QED) is 0.682. The first-order valence-electron chi connectivity index (χ1n) is 4.20. The Bertz CT molecular complexity index is 136. The number of aliphatic hydroxyl groups is 1. The van der Waals surface area contributed by atoms with Gasteiger partial charge in [0.25, 0.3) is 5.97 Å². The van der Waals surface area contributed by atoms with Gasteiger partial charge in [0.05, 0.1) is 19.8 Å². The maximum Gasteiger partial charge on any atom is 0.300 e. The van der Waals surface area contributed by atoms with E-state index in [4.69, 9.17) is 24.5 Å². The van der Waals surface area contributed by atoms with Gasteiger partial charge in [0.2, 0.25) is 0 Å². The largest absolute Gasteiger partial charge is 0.481 e. The first-order valence-corrected chi connectivity index (χ1v) is 4.20. The molecule has 0 aliphatic heterocycles. The number of rotatable bonds is 5. The smallest absolute Gasteiger partial charge is 0.300 e. The van der Waals surface area contributed by atoms with Crippen molar-refractivity contribution in [2.75, 3.05) is 34.0 Å². The van der Waals surface area contributed by atoms with Crippen LogP contribution in [0.2, 0.25) is 0 Å². The van der Waals surface area contributed by atoms with E-state index in [1.807, 2.05) is 6.92 Å². The summed E-state index contributed by atoms with van der Waals surface area (Å²) in [6.45, 7) is 4.14. The van der Waals surface area contributed by atoms with Crippen molar-refractivity contribution in [2.45, 2.75) is 13.8 Å². The fourth-order valence-electron chi connectivity index (χ4n) is 0.830. The molecule has 0 aromatic carbocycles. The summed E-state index contributed by atoms with van der Waals surface area (Å²) in [4.78, 5) is 9.00. The number of carboxylic acids is 1. The van der Waals surface area contributed by atoms with E-state index in [1.165, 1.54) is 0 Å². The topological polar surface area (TPSA) is 76.0 Å². The third-order valence-electron chi connectivity index (χ3n) is 1.37. The Labute approximate surface area is 84.6 Å².